The zero-order valence-corrected chi connectivity index (χ0v) is 7.90. The second kappa shape index (κ2) is 3.81. The van der Waals surface area contributed by atoms with Crippen molar-refractivity contribution in [3.05, 3.63) is 52.5 Å². The summed E-state index contributed by atoms with van der Waals surface area (Å²) < 4.78 is 0. The molecule has 0 bridgehead atoms. The standard InChI is InChI=1S/C12H8N2O/c13-5-1-2-9-3-4-10-8-14-12(15)7-11(10)6-9/h1-4,6-8H,(H,14,15). The summed E-state index contributed by atoms with van der Waals surface area (Å²) in [5.41, 5.74) is 0.790. The molecule has 2 aromatic rings. The third-order valence-corrected chi connectivity index (χ3v) is 2.12. The lowest BCUT2D eigenvalue weighted by Crippen LogP contribution is -2.01. The van der Waals surface area contributed by atoms with Gasteiger partial charge in [-0.25, -0.2) is 0 Å². The fraction of sp³-hybridized carbons (Fsp3) is 0. The number of H-pyrrole nitrogens is 1. The Morgan fingerprint density at radius 1 is 1.27 bits per heavy atom. The average Bonchev–Trinajstić information content (AvgIpc) is 2.25. The molecule has 0 saturated carbocycles. The monoisotopic (exact) mass is 196 g/mol. The average molecular weight is 196 g/mol. The summed E-state index contributed by atoms with van der Waals surface area (Å²) in [6.07, 6.45) is 4.80. The van der Waals surface area contributed by atoms with Gasteiger partial charge in [-0.2, -0.15) is 5.26 Å². The van der Waals surface area contributed by atoms with Crippen molar-refractivity contribution < 1.29 is 0 Å². The van der Waals surface area contributed by atoms with Crippen molar-refractivity contribution >= 4 is 16.8 Å². The Morgan fingerprint density at radius 3 is 2.93 bits per heavy atom. The number of fused-ring (bicyclic) bond motifs is 1. The molecule has 3 nitrogen and oxygen atoms in total. The first-order chi connectivity index (χ1) is 7.29. The predicted octanol–water partition coefficient (Wildman–Crippen LogP) is 2.06. The van der Waals surface area contributed by atoms with Crippen molar-refractivity contribution in [3.8, 4) is 6.07 Å². The molecular weight excluding hydrogens is 188 g/mol. The maximum absolute atomic E-state index is 11.1. The van der Waals surface area contributed by atoms with E-state index in [2.05, 4.69) is 4.98 Å². The lowest BCUT2D eigenvalue weighted by molar-refractivity contribution is 1.27. The highest BCUT2D eigenvalue weighted by Gasteiger charge is 1.94. The Hall–Kier alpha value is -2.34. The normalized spacial score (nSPS) is 10.6. The van der Waals surface area contributed by atoms with Crippen LogP contribution < -0.4 is 5.56 Å². The molecular formula is C12H8N2O. The summed E-state index contributed by atoms with van der Waals surface area (Å²) in [7, 11) is 0. The summed E-state index contributed by atoms with van der Waals surface area (Å²) >= 11 is 0. The first-order valence-corrected chi connectivity index (χ1v) is 4.48. The van der Waals surface area contributed by atoms with E-state index < -0.39 is 0 Å². The lowest BCUT2D eigenvalue weighted by atomic mass is 10.1. The van der Waals surface area contributed by atoms with E-state index in [4.69, 9.17) is 5.26 Å². The third kappa shape index (κ3) is 1.94. The number of hydrogen-bond donors (Lipinski definition) is 1. The number of nitrogens with one attached hydrogen (secondary N) is 1. The molecule has 1 aromatic heterocycles. The van der Waals surface area contributed by atoms with Crippen LogP contribution in [0.15, 0.2) is 41.3 Å². The molecule has 15 heavy (non-hydrogen) atoms. The summed E-state index contributed by atoms with van der Waals surface area (Å²) in [6, 6.07) is 9.14. The molecule has 3 heteroatoms. The number of hydrogen-bond acceptors (Lipinski definition) is 2. The maximum atomic E-state index is 11.1. The fourth-order valence-corrected chi connectivity index (χ4v) is 1.42. The highest BCUT2D eigenvalue weighted by Crippen LogP contribution is 2.13. The molecule has 0 aliphatic heterocycles. The quantitative estimate of drug-likeness (QED) is 0.710. The minimum atomic E-state index is -0.121. The zero-order valence-electron chi connectivity index (χ0n) is 7.90. The number of aromatic amines is 1. The molecule has 0 radical (unpaired) electrons. The predicted molar refractivity (Wildman–Crippen MR) is 59.2 cm³/mol. The van der Waals surface area contributed by atoms with Gasteiger partial charge in [0, 0.05) is 18.3 Å². The van der Waals surface area contributed by atoms with Crippen LogP contribution in [0.5, 0.6) is 0 Å². The molecule has 0 atom stereocenters. The van der Waals surface area contributed by atoms with Crippen LogP contribution in [0.3, 0.4) is 0 Å². The summed E-state index contributed by atoms with van der Waals surface area (Å²) in [5.74, 6) is 0. The molecule has 1 heterocycles. The van der Waals surface area contributed by atoms with Crippen molar-refractivity contribution in [1.29, 1.82) is 5.26 Å². The minimum absolute atomic E-state index is 0.121. The number of nitriles is 1. The summed E-state index contributed by atoms with van der Waals surface area (Å²) in [5, 5.41) is 10.2. The van der Waals surface area contributed by atoms with E-state index in [-0.39, 0.29) is 5.56 Å². The van der Waals surface area contributed by atoms with Crippen molar-refractivity contribution in [1.82, 2.24) is 4.98 Å². The van der Waals surface area contributed by atoms with Crippen LogP contribution in [0, 0.1) is 11.3 Å². The molecule has 0 fully saturated rings. The number of benzene rings is 1. The van der Waals surface area contributed by atoms with Crippen molar-refractivity contribution in [3.63, 3.8) is 0 Å². The molecule has 0 aliphatic rings. The van der Waals surface area contributed by atoms with Crippen LogP contribution in [0.1, 0.15) is 5.56 Å². The van der Waals surface area contributed by atoms with Crippen LogP contribution >= 0.6 is 0 Å². The Balaban J connectivity index is 2.60. The molecule has 1 N–H and O–H groups in total. The van der Waals surface area contributed by atoms with E-state index in [1.807, 2.05) is 24.3 Å². The first kappa shape index (κ1) is 9.22. The third-order valence-electron chi connectivity index (χ3n) is 2.12. The number of nitrogens with zero attached hydrogens (tertiary/aromatic N) is 1. The van der Waals surface area contributed by atoms with Gasteiger partial charge in [0.2, 0.25) is 5.56 Å². The summed E-state index contributed by atoms with van der Waals surface area (Å²) in [4.78, 5) is 13.7. The maximum Gasteiger partial charge on any atom is 0.248 e. The Bertz CT molecular complexity index is 617. The topological polar surface area (TPSA) is 56.6 Å². The smallest absolute Gasteiger partial charge is 0.248 e. The molecule has 2 rings (SSSR count). The van der Waals surface area contributed by atoms with Gasteiger partial charge < -0.3 is 4.98 Å². The fourth-order valence-electron chi connectivity index (χ4n) is 1.42. The van der Waals surface area contributed by atoms with E-state index in [0.717, 1.165) is 16.3 Å². The minimum Gasteiger partial charge on any atom is -0.328 e. The molecule has 72 valence electrons. The van der Waals surface area contributed by atoms with E-state index in [0.29, 0.717) is 0 Å². The molecule has 0 amide bonds. The second-order valence-corrected chi connectivity index (χ2v) is 3.15. The van der Waals surface area contributed by atoms with E-state index in [1.165, 1.54) is 6.08 Å². The van der Waals surface area contributed by atoms with Gasteiger partial charge in [-0.3, -0.25) is 4.79 Å². The van der Waals surface area contributed by atoms with Crippen LogP contribution in [-0.4, -0.2) is 4.98 Å². The van der Waals surface area contributed by atoms with Gasteiger partial charge in [-0.15, -0.1) is 0 Å². The van der Waals surface area contributed by atoms with E-state index in [1.54, 1.807) is 18.3 Å². The van der Waals surface area contributed by atoms with Crippen LogP contribution in [0.25, 0.3) is 16.8 Å². The van der Waals surface area contributed by atoms with Crippen molar-refractivity contribution in [2.45, 2.75) is 0 Å². The van der Waals surface area contributed by atoms with Crippen LogP contribution in [-0.2, 0) is 0 Å². The highest BCUT2D eigenvalue weighted by molar-refractivity contribution is 5.83. The first-order valence-electron chi connectivity index (χ1n) is 4.48. The Morgan fingerprint density at radius 2 is 2.13 bits per heavy atom. The summed E-state index contributed by atoms with van der Waals surface area (Å²) in [6.45, 7) is 0. The van der Waals surface area contributed by atoms with Crippen LogP contribution in [0.4, 0.5) is 0 Å². The number of rotatable bonds is 1. The van der Waals surface area contributed by atoms with Gasteiger partial charge in [0.05, 0.1) is 6.07 Å². The second-order valence-electron chi connectivity index (χ2n) is 3.15. The SMILES string of the molecule is N#CC=Cc1ccc2c[nH]c(=O)cc2c1. The molecule has 0 unspecified atom stereocenters. The molecule has 0 aliphatic carbocycles. The van der Waals surface area contributed by atoms with E-state index >= 15 is 0 Å². The molecule has 1 aromatic carbocycles. The molecule has 0 spiro atoms. The van der Waals surface area contributed by atoms with Gasteiger partial charge in [0.15, 0.2) is 0 Å². The number of allylic oxidation sites excluding steroid dienone is 1. The van der Waals surface area contributed by atoms with Crippen molar-refractivity contribution in [2.75, 3.05) is 0 Å². The molecule has 0 saturated heterocycles. The highest BCUT2D eigenvalue weighted by atomic mass is 16.1. The number of aromatic nitrogens is 1. The van der Waals surface area contributed by atoms with Crippen LogP contribution in [0.2, 0.25) is 0 Å². The zero-order chi connectivity index (χ0) is 10.7. The van der Waals surface area contributed by atoms with E-state index in [9.17, 15) is 4.79 Å². The largest absolute Gasteiger partial charge is 0.328 e. The Kier molecular flexibility index (Phi) is 2.34. The van der Waals surface area contributed by atoms with Crippen molar-refractivity contribution in [2.24, 2.45) is 0 Å². The Labute approximate surface area is 86.3 Å². The van der Waals surface area contributed by atoms with Gasteiger partial charge in [0.25, 0.3) is 0 Å². The lowest BCUT2D eigenvalue weighted by Gasteiger charge is -1.97. The van der Waals surface area contributed by atoms with Gasteiger partial charge in [-0.05, 0) is 28.5 Å². The van der Waals surface area contributed by atoms with Gasteiger partial charge >= 0.3 is 0 Å². The van der Waals surface area contributed by atoms with Gasteiger partial charge in [-0.1, -0.05) is 12.1 Å². The number of pyridine rings is 1. The van der Waals surface area contributed by atoms with Gasteiger partial charge in [0.1, 0.15) is 0 Å².